The molecular formula is C18H41NO3. The van der Waals surface area contributed by atoms with E-state index in [9.17, 15) is 4.79 Å². The van der Waals surface area contributed by atoms with Gasteiger partial charge in [-0.25, -0.2) is 0 Å². The fourth-order valence-electron chi connectivity index (χ4n) is 1.24. The molecule has 0 aromatic heterocycles. The maximum Gasteiger partial charge on any atom is 0.219 e. The molecule has 1 amide bonds. The van der Waals surface area contributed by atoms with Crippen molar-refractivity contribution in [3.8, 4) is 0 Å². The summed E-state index contributed by atoms with van der Waals surface area (Å²) >= 11 is 0. The van der Waals surface area contributed by atoms with Crippen LogP contribution in [0, 0.1) is 5.92 Å². The molecule has 0 aromatic rings. The summed E-state index contributed by atoms with van der Waals surface area (Å²) in [4.78, 5) is 10.9. The van der Waals surface area contributed by atoms with Crippen LogP contribution in [-0.4, -0.2) is 36.4 Å². The Morgan fingerprint density at radius 1 is 1.18 bits per heavy atom. The topological polar surface area (TPSA) is 58.6 Å². The van der Waals surface area contributed by atoms with E-state index in [-0.39, 0.29) is 18.1 Å². The largest absolute Gasteiger partial charge is 0.393 e. The summed E-state index contributed by atoms with van der Waals surface area (Å²) in [6.07, 6.45) is 3.69. The molecule has 22 heavy (non-hydrogen) atoms. The molecule has 0 bridgehead atoms. The fourth-order valence-corrected chi connectivity index (χ4v) is 1.24. The van der Waals surface area contributed by atoms with E-state index in [0.717, 1.165) is 32.4 Å². The molecule has 4 nitrogen and oxygen atoms in total. The number of rotatable bonds is 9. The predicted octanol–water partition coefficient (Wildman–Crippen LogP) is 4.16. The lowest BCUT2D eigenvalue weighted by Gasteiger charge is -2.21. The Morgan fingerprint density at radius 2 is 1.73 bits per heavy atom. The summed E-state index contributed by atoms with van der Waals surface area (Å²) in [5, 5.41) is 11.6. The average molecular weight is 320 g/mol. The Labute approximate surface area is 139 Å². The van der Waals surface area contributed by atoms with E-state index in [1.165, 1.54) is 0 Å². The first-order valence-electron chi connectivity index (χ1n) is 8.80. The van der Waals surface area contributed by atoms with Crippen LogP contribution in [0.1, 0.15) is 81.1 Å². The smallest absolute Gasteiger partial charge is 0.219 e. The Hall–Kier alpha value is -0.610. The zero-order valence-electron chi connectivity index (χ0n) is 16.3. The zero-order chi connectivity index (χ0) is 18.0. The van der Waals surface area contributed by atoms with Crippen LogP contribution in [0.15, 0.2) is 0 Å². The van der Waals surface area contributed by atoms with Crippen LogP contribution < -0.4 is 5.32 Å². The molecule has 0 aliphatic rings. The molecule has 0 aromatic carbocycles. The van der Waals surface area contributed by atoms with Gasteiger partial charge >= 0.3 is 0 Å². The highest BCUT2D eigenvalue weighted by atomic mass is 16.5. The van der Waals surface area contributed by atoms with E-state index >= 15 is 0 Å². The minimum atomic E-state index is -0.351. The van der Waals surface area contributed by atoms with Crippen LogP contribution in [0.2, 0.25) is 0 Å². The maximum absolute atomic E-state index is 10.9. The third-order valence-electron chi connectivity index (χ3n) is 2.60. The first-order valence-corrected chi connectivity index (χ1v) is 8.80. The minimum absolute atomic E-state index is 0.0903. The van der Waals surface area contributed by atoms with Crippen LogP contribution in [0.25, 0.3) is 0 Å². The minimum Gasteiger partial charge on any atom is -0.393 e. The molecule has 0 aliphatic heterocycles. The van der Waals surface area contributed by atoms with Crippen molar-refractivity contribution in [3.63, 3.8) is 0 Å². The van der Waals surface area contributed by atoms with Gasteiger partial charge in [-0.2, -0.15) is 0 Å². The number of aliphatic hydroxyl groups excluding tert-OH is 1. The fraction of sp³-hybridized carbons (Fsp3) is 0.944. The molecule has 0 atom stereocenters. The standard InChI is InChI=1S/C9H19NO.C7H16O2.C2H6/c1-4-5-9(11)10-7-6-8(2)3;1-4-5-9-7(2,3)6-8;1-2/h8H,4-7H2,1-3H3,(H,10,11);8H,4-6H2,1-3H3;1-2H3. The second kappa shape index (κ2) is 18.4. The van der Waals surface area contributed by atoms with Gasteiger partial charge in [0.2, 0.25) is 5.91 Å². The summed E-state index contributed by atoms with van der Waals surface area (Å²) in [7, 11) is 0. The lowest BCUT2D eigenvalue weighted by molar-refractivity contribution is -0.121. The van der Waals surface area contributed by atoms with E-state index in [4.69, 9.17) is 9.84 Å². The first-order chi connectivity index (χ1) is 10.3. The van der Waals surface area contributed by atoms with E-state index in [0.29, 0.717) is 12.3 Å². The lowest BCUT2D eigenvalue weighted by atomic mass is 10.1. The van der Waals surface area contributed by atoms with E-state index in [2.05, 4.69) is 19.2 Å². The first kappa shape index (κ1) is 26.3. The third kappa shape index (κ3) is 24.4. The Balaban J connectivity index is -0.000000299. The van der Waals surface area contributed by atoms with Crippen molar-refractivity contribution in [3.05, 3.63) is 0 Å². The number of ether oxygens (including phenoxy) is 1. The highest BCUT2D eigenvalue weighted by molar-refractivity contribution is 5.75. The van der Waals surface area contributed by atoms with Crippen molar-refractivity contribution in [1.82, 2.24) is 5.32 Å². The summed E-state index contributed by atoms with van der Waals surface area (Å²) in [5.41, 5.74) is -0.351. The number of carbonyl (C=O) groups excluding carboxylic acids is 1. The highest BCUT2D eigenvalue weighted by Gasteiger charge is 2.15. The number of aliphatic hydroxyl groups is 1. The summed E-state index contributed by atoms with van der Waals surface area (Å²) in [6.45, 7) is 17.8. The van der Waals surface area contributed by atoms with Gasteiger partial charge < -0.3 is 15.2 Å². The van der Waals surface area contributed by atoms with Crippen molar-refractivity contribution >= 4 is 5.91 Å². The van der Waals surface area contributed by atoms with Gasteiger partial charge in [0.15, 0.2) is 0 Å². The normalized spacial score (nSPS) is 10.3. The molecule has 0 radical (unpaired) electrons. The predicted molar refractivity (Wildman–Crippen MR) is 96.1 cm³/mol. The number of amides is 1. The third-order valence-corrected chi connectivity index (χ3v) is 2.60. The maximum atomic E-state index is 10.9. The molecule has 0 spiro atoms. The molecule has 0 saturated carbocycles. The van der Waals surface area contributed by atoms with Gasteiger partial charge in [-0.05, 0) is 39.0 Å². The Morgan fingerprint density at radius 3 is 2.09 bits per heavy atom. The number of hydrogen-bond donors (Lipinski definition) is 2. The quantitative estimate of drug-likeness (QED) is 0.671. The van der Waals surface area contributed by atoms with Crippen molar-refractivity contribution in [1.29, 1.82) is 0 Å². The van der Waals surface area contributed by atoms with Crippen molar-refractivity contribution in [2.24, 2.45) is 5.92 Å². The molecule has 2 N–H and O–H groups in total. The van der Waals surface area contributed by atoms with Crippen LogP contribution >= 0.6 is 0 Å². The van der Waals surface area contributed by atoms with Crippen molar-refractivity contribution < 1.29 is 14.6 Å². The molecule has 0 rings (SSSR count). The van der Waals surface area contributed by atoms with Gasteiger partial charge in [0.1, 0.15) is 0 Å². The summed E-state index contributed by atoms with van der Waals surface area (Å²) < 4.78 is 5.28. The number of carbonyl (C=O) groups is 1. The highest BCUT2D eigenvalue weighted by Crippen LogP contribution is 2.06. The van der Waals surface area contributed by atoms with Gasteiger partial charge in [0.05, 0.1) is 12.2 Å². The van der Waals surface area contributed by atoms with Gasteiger partial charge in [0, 0.05) is 19.6 Å². The van der Waals surface area contributed by atoms with Gasteiger partial charge in [-0.1, -0.05) is 41.5 Å². The lowest BCUT2D eigenvalue weighted by Crippen LogP contribution is -2.29. The van der Waals surface area contributed by atoms with Gasteiger partial charge in [0.25, 0.3) is 0 Å². The molecule has 0 aliphatic carbocycles. The van der Waals surface area contributed by atoms with Crippen LogP contribution in [0.5, 0.6) is 0 Å². The molecule has 4 heteroatoms. The van der Waals surface area contributed by atoms with Gasteiger partial charge in [-0.3, -0.25) is 4.79 Å². The van der Waals surface area contributed by atoms with E-state index < -0.39 is 0 Å². The summed E-state index contributed by atoms with van der Waals surface area (Å²) in [5.74, 6) is 0.866. The van der Waals surface area contributed by atoms with Crippen LogP contribution in [0.4, 0.5) is 0 Å². The number of hydrogen-bond acceptors (Lipinski definition) is 3. The molecule has 136 valence electrons. The van der Waals surface area contributed by atoms with Crippen LogP contribution in [0.3, 0.4) is 0 Å². The van der Waals surface area contributed by atoms with E-state index in [1.807, 2.05) is 41.5 Å². The number of nitrogens with one attached hydrogen (secondary N) is 1. The Kier molecular flexibility index (Phi) is 22.0. The second-order valence-corrected chi connectivity index (χ2v) is 6.05. The molecule has 0 fully saturated rings. The van der Waals surface area contributed by atoms with E-state index in [1.54, 1.807) is 0 Å². The summed E-state index contributed by atoms with van der Waals surface area (Å²) in [6, 6.07) is 0. The van der Waals surface area contributed by atoms with Crippen molar-refractivity contribution in [2.45, 2.75) is 86.7 Å². The molecular weight excluding hydrogens is 278 g/mol. The monoisotopic (exact) mass is 319 g/mol. The SMILES string of the molecule is CC.CCCC(=O)NCCC(C)C.CCCOC(C)(C)CO. The Bertz CT molecular complexity index is 228. The zero-order valence-corrected chi connectivity index (χ0v) is 16.3. The van der Waals surface area contributed by atoms with Crippen LogP contribution in [-0.2, 0) is 9.53 Å². The van der Waals surface area contributed by atoms with Crippen molar-refractivity contribution in [2.75, 3.05) is 19.8 Å². The average Bonchev–Trinajstić information content (AvgIpc) is 2.48. The second-order valence-electron chi connectivity index (χ2n) is 6.05. The molecule has 0 heterocycles. The van der Waals surface area contributed by atoms with Gasteiger partial charge in [-0.15, -0.1) is 0 Å². The molecule has 0 saturated heterocycles. The molecule has 0 unspecified atom stereocenters.